The molecule has 0 N–H and O–H groups in total. The molecular formula is C39H42Cl2HfN2-2. The Hall–Kier alpha value is -2.85. The summed E-state index contributed by atoms with van der Waals surface area (Å²) in [7, 11) is 0. The Balaban J connectivity index is 0.000000273. The van der Waals surface area contributed by atoms with Crippen LogP contribution in [0.4, 0.5) is 11.4 Å². The molecule has 1 aliphatic carbocycles. The predicted molar refractivity (Wildman–Crippen MR) is 179 cm³/mol. The Bertz CT molecular complexity index is 1390. The van der Waals surface area contributed by atoms with Crippen molar-refractivity contribution in [3.05, 3.63) is 150 Å². The molecule has 0 bridgehead atoms. The van der Waals surface area contributed by atoms with Gasteiger partial charge in [0.2, 0.25) is 0 Å². The third-order valence-electron chi connectivity index (χ3n) is 7.67. The first-order chi connectivity index (χ1) is 20.6. The number of benzene rings is 4. The van der Waals surface area contributed by atoms with Gasteiger partial charge in [-0.2, -0.15) is 30.3 Å². The third-order valence-corrected chi connectivity index (χ3v) is 9.75. The molecule has 0 saturated heterocycles. The number of anilines is 2. The molecule has 0 fully saturated rings. The van der Waals surface area contributed by atoms with Crippen molar-refractivity contribution >= 4 is 14.6 Å². The second-order valence-corrected chi connectivity index (χ2v) is 12.0. The van der Waals surface area contributed by atoms with Crippen LogP contribution >= 0.6 is 0 Å². The van der Waals surface area contributed by atoms with E-state index < -0.39 is 0 Å². The van der Waals surface area contributed by atoms with Gasteiger partial charge in [0.15, 0.2) is 0 Å². The maximum Gasteiger partial charge on any atom is -0.172 e. The van der Waals surface area contributed by atoms with Crippen molar-refractivity contribution in [2.75, 3.05) is 36.0 Å². The fourth-order valence-corrected chi connectivity index (χ4v) is 6.53. The van der Waals surface area contributed by atoms with Crippen molar-refractivity contribution in [3.8, 4) is 11.1 Å². The van der Waals surface area contributed by atoms with Crippen LogP contribution in [0.15, 0.2) is 121 Å². The molecule has 5 aromatic rings. The van der Waals surface area contributed by atoms with Crippen molar-refractivity contribution in [2.45, 2.75) is 34.1 Å². The summed E-state index contributed by atoms with van der Waals surface area (Å²) in [5.74, 6) is 0. The molecule has 0 unspecified atom stereocenters. The van der Waals surface area contributed by atoms with E-state index >= 15 is 0 Å². The van der Waals surface area contributed by atoms with Gasteiger partial charge in [0.1, 0.15) is 0 Å². The summed E-state index contributed by atoms with van der Waals surface area (Å²) in [5.41, 5.74) is 10.8. The molecule has 5 heteroatoms. The van der Waals surface area contributed by atoms with Gasteiger partial charge in [-0.05, 0) is 51.8 Å². The van der Waals surface area contributed by atoms with Crippen molar-refractivity contribution in [1.29, 1.82) is 0 Å². The first kappa shape index (κ1) is 37.3. The minimum Gasteiger partial charge on any atom is -0.214 e. The number of hydrogen-bond acceptors (Lipinski definition) is 2. The quantitative estimate of drug-likeness (QED) is 0.173. The maximum absolute atomic E-state index is 3.66. The minimum absolute atomic E-state index is 0. The number of halogens is 2. The molecule has 0 radical (unpaired) electrons. The molecule has 0 atom stereocenters. The van der Waals surface area contributed by atoms with Gasteiger partial charge in [-0.3, -0.25) is 0 Å². The van der Waals surface area contributed by atoms with Gasteiger partial charge in [0, 0.05) is 31.9 Å². The molecule has 0 aromatic heterocycles. The normalized spacial score (nSPS) is 10.3. The number of fused-ring (bicyclic) bond motifs is 3. The first-order valence-electron chi connectivity index (χ1n) is 15.1. The Morgan fingerprint density at radius 2 is 1.18 bits per heavy atom. The maximum atomic E-state index is 3.66. The van der Waals surface area contributed by atoms with Crippen LogP contribution in [-0.4, -0.2) is 29.4 Å². The van der Waals surface area contributed by atoms with Crippen molar-refractivity contribution < 1.29 is 48.7 Å². The summed E-state index contributed by atoms with van der Waals surface area (Å²) in [6, 6.07) is 46.3. The van der Waals surface area contributed by atoms with E-state index in [9.17, 15) is 0 Å². The van der Waals surface area contributed by atoms with Crippen LogP contribution in [0.1, 0.15) is 49.9 Å². The summed E-state index contributed by atoms with van der Waals surface area (Å²) < 4.78 is 1.46. The molecule has 5 aromatic carbocycles. The van der Waals surface area contributed by atoms with Crippen LogP contribution in [0.3, 0.4) is 0 Å². The van der Waals surface area contributed by atoms with Crippen LogP contribution in [0.5, 0.6) is 0 Å². The topological polar surface area (TPSA) is 6.48 Å². The van der Waals surface area contributed by atoms with E-state index in [0.29, 0.717) is 0 Å². The van der Waals surface area contributed by atoms with Crippen molar-refractivity contribution in [2.24, 2.45) is 0 Å². The molecule has 6 rings (SSSR count). The third kappa shape index (κ3) is 9.83. The fourth-order valence-electron chi connectivity index (χ4n) is 5.33. The van der Waals surface area contributed by atoms with Gasteiger partial charge >= 0.3 is 98.9 Å². The average Bonchev–Trinajstić information content (AvgIpc) is 3.75. The van der Waals surface area contributed by atoms with E-state index in [-0.39, 0.29) is 24.8 Å². The zero-order chi connectivity index (χ0) is 29.7. The number of rotatable bonds is 8. The molecule has 0 aliphatic heterocycles. The molecule has 1 aliphatic rings. The Kier molecular flexibility index (Phi) is 16.6. The molecule has 44 heavy (non-hydrogen) atoms. The summed E-state index contributed by atoms with van der Waals surface area (Å²) in [6.07, 6.45) is 1.01. The van der Waals surface area contributed by atoms with E-state index in [4.69, 9.17) is 0 Å². The van der Waals surface area contributed by atoms with Crippen LogP contribution < -0.4 is 34.6 Å². The summed E-state index contributed by atoms with van der Waals surface area (Å²) >= 11 is 1.08. The van der Waals surface area contributed by atoms with Gasteiger partial charge < -0.3 is 34.6 Å². The second-order valence-electron chi connectivity index (χ2n) is 10.2. The van der Waals surface area contributed by atoms with E-state index in [1.54, 1.807) is 0 Å². The van der Waals surface area contributed by atoms with Gasteiger partial charge in [-0.1, -0.05) is 17.3 Å². The zero-order valence-corrected chi connectivity index (χ0v) is 31.3. The standard InChI is InChI=1S/C21H27N2.C13H10.C5H5.2ClH.Hf/c1-5-22(6-2)18-9-11-20-16(14-18)13-17-15-19(10-12-21(17)20)23(7-3)8-4;1-3-7-12(8-4-1)11-13-9-5-2-6-10-13;1-2-4-5-3-1;;;/h9-12,14H,5-8,13H2,1-4H3;1-10H;1-5H;2*1H;/q-1;;-1;;;+2/p-2. The SMILES string of the molecule is CCN(CC)c1[c-]c2c(cc1)-c1ccc(N(CC)CC)cc1C2.[Cl-].[Cl-].[Hf+2]=[C](c1ccccc1)c1ccccc1.c1cc[cH-]c1. The van der Waals surface area contributed by atoms with E-state index in [2.05, 4.69) is 135 Å². The first-order valence-corrected chi connectivity index (χ1v) is 16.9. The van der Waals surface area contributed by atoms with Gasteiger partial charge in [-0.15, -0.1) is 17.2 Å². The summed E-state index contributed by atoms with van der Waals surface area (Å²) in [4.78, 5) is 4.78. The van der Waals surface area contributed by atoms with Gasteiger partial charge in [0.25, 0.3) is 0 Å². The molecule has 0 heterocycles. The predicted octanol–water partition coefficient (Wildman–Crippen LogP) is 2.97. The Morgan fingerprint density at radius 3 is 1.66 bits per heavy atom. The molecule has 0 saturated carbocycles. The van der Waals surface area contributed by atoms with Crippen LogP contribution in [0.2, 0.25) is 0 Å². The average molecular weight is 788 g/mol. The fraction of sp³-hybridized carbons (Fsp3) is 0.231. The van der Waals surface area contributed by atoms with Gasteiger partial charge in [0.05, 0.1) is 0 Å². The van der Waals surface area contributed by atoms with Crippen molar-refractivity contribution in [1.82, 2.24) is 0 Å². The van der Waals surface area contributed by atoms with E-state index in [1.807, 2.05) is 30.3 Å². The van der Waals surface area contributed by atoms with Crippen LogP contribution in [0.25, 0.3) is 11.1 Å². The van der Waals surface area contributed by atoms with E-state index in [1.165, 1.54) is 48.0 Å². The smallest absolute Gasteiger partial charge is 0.172 e. The molecule has 2 nitrogen and oxygen atoms in total. The van der Waals surface area contributed by atoms with Crippen LogP contribution in [0, 0.1) is 6.07 Å². The number of hydrogen-bond donors (Lipinski definition) is 0. The van der Waals surface area contributed by atoms with Crippen LogP contribution in [-0.2, 0) is 30.3 Å². The zero-order valence-electron chi connectivity index (χ0n) is 26.2. The molecule has 0 amide bonds. The Labute approximate surface area is 292 Å². The minimum atomic E-state index is 0. The Morgan fingerprint density at radius 1 is 0.659 bits per heavy atom. The molecular weight excluding hydrogens is 746 g/mol. The second kappa shape index (κ2) is 19.5. The summed E-state index contributed by atoms with van der Waals surface area (Å²) in [6.45, 7) is 13.0. The van der Waals surface area contributed by atoms with Gasteiger partial charge in [-0.25, -0.2) is 12.1 Å². The molecule has 228 valence electrons. The number of nitrogens with zero attached hydrogens (tertiary/aromatic N) is 2. The molecule has 0 spiro atoms. The monoisotopic (exact) mass is 788 g/mol. The largest absolute Gasteiger partial charge is 0.214 e. The summed E-state index contributed by atoms with van der Waals surface area (Å²) in [5, 5.41) is 0. The van der Waals surface area contributed by atoms with E-state index in [0.717, 1.165) is 56.5 Å². The van der Waals surface area contributed by atoms with Crippen molar-refractivity contribution in [3.63, 3.8) is 0 Å².